The topological polar surface area (TPSA) is 35.6 Å². The Bertz CT molecular complexity index is 454. The van der Waals surface area contributed by atoms with Gasteiger partial charge in [0.15, 0.2) is 0 Å². The van der Waals surface area contributed by atoms with E-state index in [2.05, 4.69) is 23.3 Å². The smallest absolute Gasteiger partial charge is 0.244 e. The van der Waals surface area contributed by atoms with Crippen LogP contribution in [0.5, 0.6) is 0 Å². The number of para-hydroxylation sites is 2. The number of hydrogen-bond acceptors (Lipinski definition) is 3. The van der Waals surface area contributed by atoms with Crippen molar-refractivity contribution in [3.63, 3.8) is 0 Å². The van der Waals surface area contributed by atoms with Gasteiger partial charge >= 0.3 is 0 Å². The van der Waals surface area contributed by atoms with Gasteiger partial charge in [-0.25, -0.2) is 0 Å². The fourth-order valence-electron chi connectivity index (χ4n) is 2.82. The molecule has 0 aliphatic carbocycles. The Labute approximate surface area is 108 Å². The van der Waals surface area contributed by atoms with Gasteiger partial charge in [-0.1, -0.05) is 12.1 Å². The largest absolute Gasteiger partial charge is 0.371 e. The molecule has 1 aromatic carbocycles. The van der Waals surface area contributed by atoms with Crippen LogP contribution in [0.3, 0.4) is 0 Å². The molecule has 0 bridgehead atoms. The molecule has 1 atom stereocenters. The number of carbonyl (C=O) groups excluding carboxylic acids is 1. The Morgan fingerprint density at radius 2 is 2.06 bits per heavy atom. The zero-order valence-electron chi connectivity index (χ0n) is 10.7. The molecule has 4 heteroatoms. The number of amides is 1. The van der Waals surface area contributed by atoms with E-state index >= 15 is 0 Å². The van der Waals surface area contributed by atoms with Crippen LogP contribution in [0.2, 0.25) is 0 Å². The molecule has 0 saturated carbocycles. The van der Waals surface area contributed by atoms with Crippen LogP contribution in [-0.2, 0) is 4.79 Å². The molecule has 2 heterocycles. The third-order valence-electron chi connectivity index (χ3n) is 3.87. The molecule has 2 aliphatic heterocycles. The third kappa shape index (κ3) is 1.86. The molecule has 3 rings (SSSR count). The molecular formula is C14H19N3O. The van der Waals surface area contributed by atoms with E-state index in [1.165, 1.54) is 0 Å². The molecule has 1 N–H and O–H groups in total. The number of hydrogen-bond donors (Lipinski definition) is 1. The van der Waals surface area contributed by atoms with Crippen LogP contribution < -0.4 is 15.1 Å². The van der Waals surface area contributed by atoms with Crippen LogP contribution in [0.15, 0.2) is 24.3 Å². The predicted octanol–water partition coefficient (Wildman–Crippen LogP) is 1.22. The number of fused-ring (bicyclic) bond motifs is 1. The average Bonchev–Trinajstić information content (AvgIpc) is 2.93. The summed E-state index contributed by atoms with van der Waals surface area (Å²) in [6, 6.07) is 8.16. The van der Waals surface area contributed by atoms with Gasteiger partial charge in [0.05, 0.1) is 17.4 Å². The maximum atomic E-state index is 12.5. The highest BCUT2D eigenvalue weighted by Gasteiger charge is 2.31. The van der Waals surface area contributed by atoms with Crippen molar-refractivity contribution in [3.8, 4) is 0 Å². The van der Waals surface area contributed by atoms with Crippen LogP contribution in [-0.4, -0.2) is 38.6 Å². The molecular weight excluding hydrogens is 226 g/mol. The maximum absolute atomic E-state index is 12.5. The van der Waals surface area contributed by atoms with Gasteiger partial charge in [0.1, 0.15) is 0 Å². The average molecular weight is 245 g/mol. The molecule has 4 nitrogen and oxygen atoms in total. The molecule has 2 aliphatic rings. The van der Waals surface area contributed by atoms with Gasteiger partial charge in [0.25, 0.3) is 0 Å². The van der Waals surface area contributed by atoms with E-state index in [1.54, 1.807) is 0 Å². The number of rotatable bonds is 1. The van der Waals surface area contributed by atoms with Gasteiger partial charge in [-0.15, -0.1) is 0 Å². The second-order valence-corrected chi connectivity index (χ2v) is 5.05. The molecule has 18 heavy (non-hydrogen) atoms. The van der Waals surface area contributed by atoms with E-state index in [4.69, 9.17) is 0 Å². The van der Waals surface area contributed by atoms with Gasteiger partial charge in [-0.3, -0.25) is 4.79 Å². The summed E-state index contributed by atoms with van der Waals surface area (Å²) in [7, 11) is 2.08. The summed E-state index contributed by atoms with van der Waals surface area (Å²) < 4.78 is 0. The molecule has 0 aromatic heterocycles. The number of nitrogens with one attached hydrogen (secondary N) is 1. The molecule has 96 valence electrons. The van der Waals surface area contributed by atoms with E-state index in [0.717, 1.165) is 43.9 Å². The minimum absolute atomic E-state index is 0.0152. The summed E-state index contributed by atoms with van der Waals surface area (Å²) in [6.07, 6.45) is 2.07. The molecule has 0 radical (unpaired) electrons. The van der Waals surface area contributed by atoms with Crippen LogP contribution in [0, 0.1) is 0 Å². The first-order valence-corrected chi connectivity index (χ1v) is 6.62. The standard InChI is InChI=1S/C14H19N3O/c1-16-9-10-17(13-7-3-2-6-12(13)16)14(18)11-5-4-8-15-11/h2-3,6-7,11,15H,4-5,8-10H2,1H3/t11-/m0/s1. The highest BCUT2D eigenvalue weighted by molar-refractivity contribution is 6.01. The first kappa shape index (κ1) is 11.5. The Morgan fingerprint density at radius 3 is 2.78 bits per heavy atom. The van der Waals surface area contributed by atoms with E-state index in [9.17, 15) is 4.79 Å². The zero-order chi connectivity index (χ0) is 12.5. The quantitative estimate of drug-likeness (QED) is 0.808. The Hall–Kier alpha value is -1.55. The van der Waals surface area contributed by atoms with Crippen LogP contribution in [0.1, 0.15) is 12.8 Å². The summed E-state index contributed by atoms with van der Waals surface area (Å²) in [5, 5.41) is 3.29. The van der Waals surface area contributed by atoms with E-state index in [0.29, 0.717) is 0 Å². The van der Waals surface area contributed by atoms with Crippen molar-refractivity contribution in [3.05, 3.63) is 24.3 Å². The normalized spacial score (nSPS) is 23.1. The van der Waals surface area contributed by atoms with Gasteiger partial charge in [-0.05, 0) is 31.5 Å². The second-order valence-electron chi connectivity index (χ2n) is 5.05. The molecule has 1 amide bonds. The molecule has 0 unspecified atom stereocenters. The van der Waals surface area contributed by atoms with Crippen LogP contribution >= 0.6 is 0 Å². The lowest BCUT2D eigenvalue weighted by atomic mass is 10.1. The minimum atomic E-state index is 0.0152. The molecule has 0 spiro atoms. The summed E-state index contributed by atoms with van der Waals surface area (Å²) in [5.41, 5.74) is 2.19. The van der Waals surface area contributed by atoms with Crippen molar-refractivity contribution in [1.29, 1.82) is 0 Å². The molecule has 1 saturated heterocycles. The van der Waals surface area contributed by atoms with Crippen LogP contribution in [0.4, 0.5) is 11.4 Å². The van der Waals surface area contributed by atoms with Crippen molar-refractivity contribution in [2.24, 2.45) is 0 Å². The van der Waals surface area contributed by atoms with Crippen molar-refractivity contribution in [2.45, 2.75) is 18.9 Å². The maximum Gasteiger partial charge on any atom is 0.244 e. The number of benzene rings is 1. The lowest BCUT2D eigenvalue weighted by Crippen LogP contribution is -2.49. The predicted molar refractivity (Wildman–Crippen MR) is 73.1 cm³/mol. The van der Waals surface area contributed by atoms with Crippen molar-refractivity contribution >= 4 is 17.3 Å². The van der Waals surface area contributed by atoms with Gasteiger partial charge < -0.3 is 15.1 Å². The van der Waals surface area contributed by atoms with E-state index in [-0.39, 0.29) is 11.9 Å². The highest BCUT2D eigenvalue weighted by Crippen LogP contribution is 2.32. The number of carbonyl (C=O) groups is 1. The zero-order valence-corrected chi connectivity index (χ0v) is 10.7. The Kier molecular flexibility index (Phi) is 2.96. The van der Waals surface area contributed by atoms with Gasteiger partial charge in [-0.2, -0.15) is 0 Å². The fourth-order valence-corrected chi connectivity index (χ4v) is 2.82. The summed E-state index contributed by atoms with van der Waals surface area (Å²) in [6.45, 7) is 2.64. The highest BCUT2D eigenvalue weighted by atomic mass is 16.2. The second kappa shape index (κ2) is 4.61. The first-order chi connectivity index (χ1) is 8.77. The summed E-state index contributed by atoms with van der Waals surface area (Å²) >= 11 is 0. The third-order valence-corrected chi connectivity index (χ3v) is 3.87. The summed E-state index contributed by atoms with van der Waals surface area (Å²) in [4.78, 5) is 16.7. The van der Waals surface area contributed by atoms with Crippen molar-refractivity contribution in [2.75, 3.05) is 36.5 Å². The SMILES string of the molecule is CN1CCN(C(=O)[C@@H]2CCCN2)c2ccccc21. The molecule has 1 fully saturated rings. The lowest BCUT2D eigenvalue weighted by molar-refractivity contribution is -0.120. The lowest BCUT2D eigenvalue weighted by Gasteiger charge is -2.36. The van der Waals surface area contributed by atoms with Crippen LogP contribution in [0.25, 0.3) is 0 Å². The van der Waals surface area contributed by atoms with Crippen molar-refractivity contribution < 1.29 is 4.79 Å². The number of likely N-dealkylation sites (N-methyl/N-ethyl adjacent to an activating group) is 1. The van der Waals surface area contributed by atoms with Gasteiger partial charge in [0.2, 0.25) is 5.91 Å². The van der Waals surface area contributed by atoms with E-state index < -0.39 is 0 Å². The molecule has 1 aromatic rings. The summed E-state index contributed by atoms with van der Waals surface area (Å²) in [5.74, 6) is 0.230. The minimum Gasteiger partial charge on any atom is -0.371 e. The van der Waals surface area contributed by atoms with Crippen molar-refractivity contribution in [1.82, 2.24) is 5.32 Å². The number of nitrogens with zero attached hydrogens (tertiary/aromatic N) is 2. The number of anilines is 2. The van der Waals surface area contributed by atoms with Gasteiger partial charge in [0, 0.05) is 20.1 Å². The monoisotopic (exact) mass is 245 g/mol. The fraction of sp³-hybridized carbons (Fsp3) is 0.500. The Balaban J connectivity index is 1.89. The Morgan fingerprint density at radius 1 is 1.28 bits per heavy atom. The first-order valence-electron chi connectivity index (χ1n) is 6.62. The van der Waals surface area contributed by atoms with E-state index in [1.807, 2.05) is 23.1 Å².